The van der Waals surface area contributed by atoms with Gasteiger partial charge in [0.1, 0.15) is 0 Å². The number of aromatic nitrogens is 1. The highest BCUT2D eigenvalue weighted by atomic mass is 35.5. The fraction of sp³-hybridized carbons (Fsp3) is 0.167. The molecule has 30 heavy (non-hydrogen) atoms. The standard InChI is InChI=1S/C24H21ClN2OS2/c1-3-29-20-12-8-7-11-19(20)23(28)27(15-17-9-5-4-6-10-17)24-26-22-16(2)13-18(25)14-21(22)30-24/h4-14H,3,15H2,1-2H3. The van der Waals surface area contributed by atoms with E-state index in [4.69, 9.17) is 16.6 Å². The number of halogens is 1. The molecule has 3 aromatic carbocycles. The molecule has 3 nitrogen and oxygen atoms in total. The topological polar surface area (TPSA) is 33.2 Å². The van der Waals surface area contributed by atoms with Gasteiger partial charge in [0.2, 0.25) is 0 Å². The highest BCUT2D eigenvalue weighted by Crippen LogP contribution is 2.35. The summed E-state index contributed by atoms with van der Waals surface area (Å²) >= 11 is 9.43. The number of benzene rings is 3. The van der Waals surface area contributed by atoms with Gasteiger partial charge >= 0.3 is 0 Å². The van der Waals surface area contributed by atoms with E-state index in [0.717, 1.165) is 32.0 Å². The van der Waals surface area contributed by atoms with Crippen LogP contribution in [0.25, 0.3) is 10.2 Å². The summed E-state index contributed by atoms with van der Waals surface area (Å²) in [7, 11) is 0. The maximum absolute atomic E-state index is 13.7. The van der Waals surface area contributed by atoms with Crippen molar-refractivity contribution in [1.29, 1.82) is 0 Å². The van der Waals surface area contributed by atoms with Gasteiger partial charge in [0.25, 0.3) is 5.91 Å². The molecule has 0 atom stereocenters. The Bertz CT molecular complexity index is 1190. The van der Waals surface area contributed by atoms with E-state index in [2.05, 4.69) is 6.92 Å². The minimum atomic E-state index is -0.0433. The summed E-state index contributed by atoms with van der Waals surface area (Å²) in [5.74, 6) is 0.861. The van der Waals surface area contributed by atoms with Gasteiger partial charge in [-0.3, -0.25) is 9.69 Å². The first-order chi connectivity index (χ1) is 14.6. The van der Waals surface area contributed by atoms with Crippen molar-refractivity contribution in [2.45, 2.75) is 25.3 Å². The molecule has 0 saturated carbocycles. The Kier molecular flexibility index (Phi) is 6.42. The molecule has 0 aliphatic rings. The van der Waals surface area contributed by atoms with Gasteiger partial charge in [-0.2, -0.15) is 0 Å². The molecular weight excluding hydrogens is 432 g/mol. The molecular formula is C24H21ClN2OS2. The molecule has 0 bridgehead atoms. The lowest BCUT2D eigenvalue weighted by Crippen LogP contribution is -2.30. The van der Waals surface area contributed by atoms with Gasteiger partial charge in [-0.25, -0.2) is 4.98 Å². The fourth-order valence-corrected chi connectivity index (χ4v) is 5.54. The second-order valence-electron chi connectivity index (χ2n) is 6.87. The largest absolute Gasteiger partial charge is 0.279 e. The zero-order valence-corrected chi connectivity index (χ0v) is 19.2. The first-order valence-corrected chi connectivity index (χ1v) is 11.9. The van der Waals surface area contributed by atoms with E-state index < -0.39 is 0 Å². The number of nitrogens with zero attached hydrogens (tertiary/aromatic N) is 2. The summed E-state index contributed by atoms with van der Waals surface area (Å²) in [5, 5.41) is 1.36. The van der Waals surface area contributed by atoms with Gasteiger partial charge in [0.15, 0.2) is 5.13 Å². The van der Waals surface area contributed by atoms with Crippen LogP contribution in [0.3, 0.4) is 0 Å². The molecule has 0 aliphatic heterocycles. The quantitative estimate of drug-likeness (QED) is 0.289. The van der Waals surface area contributed by atoms with Gasteiger partial charge in [-0.15, -0.1) is 11.8 Å². The number of carbonyl (C=O) groups is 1. The SMILES string of the molecule is CCSc1ccccc1C(=O)N(Cc1ccccc1)c1nc2c(C)cc(Cl)cc2s1. The van der Waals surface area contributed by atoms with Crippen molar-refractivity contribution in [3.8, 4) is 0 Å². The van der Waals surface area contributed by atoms with E-state index >= 15 is 0 Å². The molecule has 152 valence electrons. The Labute approximate surface area is 189 Å². The molecule has 1 heterocycles. The lowest BCUT2D eigenvalue weighted by atomic mass is 10.1. The second-order valence-corrected chi connectivity index (χ2v) is 9.62. The van der Waals surface area contributed by atoms with Crippen molar-refractivity contribution in [1.82, 2.24) is 4.98 Å². The maximum atomic E-state index is 13.7. The number of anilines is 1. The molecule has 0 saturated heterocycles. The number of aryl methyl sites for hydroxylation is 1. The number of thiazole rings is 1. The van der Waals surface area contributed by atoms with Crippen LogP contribution in [0.4, 0.5) is 5.13 Å². The van der Waals surface area contributed by atoms with E-state index in [1.54, 1.807) is 16.7 Å². The number of rotatable bonds is 6. The van der Waals surface area contributed by atoms with Crippen LogP contribution in [-0.2, 0) is 6.54 Å². The smallest absolute Gasteiger partial charge is 0.261 e. The van der Waals surface area contributed by atoms with Crippen LogP contribution in [0.15, 0.2) is 71.6 Å². The van der Waals surface area contributed by atoms with Crippen molar-refractivity contribution in [3.63, 3.8) is 0 Å². The van der Waals surface area contributed by atoms with Crippen molar-refractivity contribution in [2.24, 2.45) is 0 Å². The monoisotopic (exact) mass is 452 g/mol. The Morgan fingerprint density at radius 2 is 1.83 bits per heavy atom. The van der Waals surface area contributed by atoms with Crippen LogP contribution in [0.1, 0.15) is 28.4 Å². The lowest BCUT2D eigenvalue weighted by Gasteiger charge is -2.21. The van der Waals surface area contributed by atoms with E-state index in [-0.39, 0.29) is 5.91 Å². The average Bonchev–Trinajstić information content (AvgIpc) is 3.17. The van der Waals surface area contributed by atoms with Crippen molar-refractivity contribution in [2.75, 3.05) is 10.7 Å². The van der Waals surface area contributed by atoms with Crippen molar-refractivity contribution >= 4 is 56.0 Å². The highest BCUT2D eigenvalue weighted by molar-refractivity contribution is 7.99. The summed E-state index contributed by atoms with van der Waals surface area (Å²) in [6.45, 7) is 4.54. The van der Waals surface area contributed by atoms with Crippen LogP contribution >= 0.6 is 34.7 Å². The van der Waals surface area contributed by atoms with Gasteiger partial charge in [0, 0.05) is 9.92 Å². The predicted molar refractivity (Wildman–Crippen MR) is 129 cm³/mol. The molecule has 0 aliphatic carbocycles. The molecule has 0 N–H and O–H groups in total. The number of fused-ring (bicyclic) bond motifs is 1. The molecule has 0 radical (unpaired) electrons. The number of carbonyl (C=O) groups excluding carboxylic acids is 1. The van der Waals surface area contributed by atoms with Crippen molar-refractivity contribution in [3.05, 3.63) is 88.4 Å². The Morgan fingerprint density at radius 1 is 1.10 bits per heavy atom. The molecule has 4 aromatic rings. The summed E-state index contributed by atoms with van der Waals surface area (Å²) in [6, 6.07) is 21.6. The van der Waals surface area contributed by atoms with Crippen LogP contribution in [-0.4, -0.2) is 16.6 Å². The maximum Gasteiger partial charge on any atom is 0.261 e. The number of hydrogen-bond donors (Lipinski definition) is 0. The predicted octanol–water partition coefficient (Wildman–Crippen LogP) is 7.22. The van der Waals surface area contributed by atoms with Gasteiger partial charge in [0.05, 0.1) is 22.3 Å². The fourth-order valence-electron chi connectivity index (χ4n) is 3.32. The Balaban J connectivity index is 1.81. The van der Waals surface area contributed by atoms with E-state index in [1.807, 2.05) is 73.7 Å². The number of thioether (sulfide) groups is 1. The third-order valence-electron chi connectivity index (χ3n) is 4.72. The second kappa shape index (κ2) is 9.21. The molecule has 0 spiro atoms. The summed E-state index contributed by atoms with van der Waals surface area (Å²) in [4.78, 5) is 21.3. The zero-order chi connectivity index (χ0) is 21.1. The summed E-state index contributed by atoms with van der Waals surface area (Å²) < 4.78 is 0.983. The third-order valence-corrected chi connectivity index (χ3v) is 6.92. The van der Waals surface area contributed by atoms with Crippen LogP contribution in [0, 0.1) is 6.92 Å². The normalized spacial score (nSPS) is 11.0. The molecule has 0 unspecified atom stereocenters. The average molecular weight is 453 g/mol. The molecule has 1 aromatic heterocycles. The first-order valence-electron chi connectivity index (χ1n) is 9.71. The minimum Gasteiger partial charge on any atom is -0.279 e. The molecule has 1 amide bonds. The van der Waals surface area contributed by atoms with Gasteiger partial charge in [-0.05, 0) is 48.1 Å². The van der Waals surface area contributed by atoms with Crippen LogP contribution in [0.2, 0.25) is 5.02 Å². The molecule has 6 heteroatoms. The van der Waals surface area contributed by atoms with E-state index in [9.17, 15) is 4.79 Å². The number of hydrogen-bond acceptors (Lipinski definition) is 4. The van der Waals surface area contributed by atoms with Gasteiger partial charge < -0.3 is 0 Å². The third kappa shape index (κ3) is 4.38. The summed E-state index contributed by atoms with van der Waals surface area (Å²) in [6.07, 6.45) is 0. The zero-order valence-electron chi connectivity index (χ0n) is 16.8. The van der Waals surface area contributed by atoms with E-state index in [1.165, 1.54) is 11.3 Å². The lowest BCUT2D eigenvalue weighted by molar-refractivity contribution is 0.0982. The number of amides is 1. The van der Waals surface area contributed by atoms with Gasteiger partial charge in [-0.1, -0.05) is 72.3 Å². The summed E-state index contributed by atoms with van der Waals surface area (Å²) in [5.41, 5.74) is 3.66. The Morgan fingerprint density at radius 3 is 2.60 bits per heavy atom. The van der Waals surface area contributed by atoms with E-state index in [0.29, 0.717) is 22.3 Å². The molecule has 4 rings (SSSR count). The minimum absolute atomic E-state index is 0.0433. The van der Waals surface area contributed by atoms with Crippen molar-refractivity contribution < 1.29 is 4.79 Å². The highest BCUT2D eigenvalue weighted by Gasteiger charge is 2.24. The molecule has 0 fully saturated rings. The Hall–Kier alpha value is -2.34. The first kappa shape index (κ1) is 20.9. The van der Waals surface area contributed by atoms with Crippen LogP contribution < -0.4 is 4.90 Å². The van der Waals surface area contributed by atoms with Crippen LogP contribution in [0.5, 0.6) is 0 Å².